The van der Waals surface area contributed by atoms with Crippen molar-refractivity contribution in [3.8, 4) is 17.1 Å². The SMILES string of the molecule is CC(C)N=C(N=CN)c1cn2c(n1)-c1ccc(N3CCC[C@H]3C3CCN(C(C)C)CC3)cc1OCC2. The Morgan fingerprint density at radius 3 is 2.64 bits per heavy atom. The number of rotatable bonds is 5. The van der Waals surface area contributed by atoms with Crippen LogP contribution in [0.4, 0.5) is 5.69 Å². The largest absolute Gasteiger partial charge is 0.491 e. The van der Waals surface area contributed by atoms with Crippen LogP contribution in [0.25, 0.3) is 11.4 Å². The molecule has 3 aliphatic heterocycles. The minimum absolute atomic E-state index is 0.106. The van der Waals surface area contributed by atoms with Crippen LogP contribution in [0, 0.1) is 5.92 Å². The molecule has 4 heterocycles. The fourth-order valence-electron chi connectivity index (χ4n) is 6.06. The summed E-state index contributed by atoms with van der Waals surface area (Å²) in [6.45, 7) is 13.6. The summed E-state index contributed by atoms with van der Waals surface area (Å²) in [4.78, 5) is 19.1. The number of nitrogens with two attached hydrogens (primary N) is 1. The molecule has 36 heavy (non-hydrogen) atoms. The Hall–Kier alpha value is -2.87. The normalized spacial score (nSPS) is 21.8. The molecule has 1 aromatic heterocycles. The number of aliphatic imine (C=N–C) groups is 2. The van der Waals surface area contributed by atoms with Gasteiger partial charge in [0.25, 0.3) is 0 Å². The molecule has 2 fully saturated rings. The van der Waals surface area contributed by atoms with Gasteiger partial charge in [0, 0.05) is 42.6 Å². The zero-order valence-electron chi connectivity index (χ0n) is 22.2. The maximum Gasteiger partial charge on any atom is 0.176 e. The number of hydrogen-bond donors (Lipinski definition) is 1. The lowest BCUT2D eigenvalue weighted by Gasteiger charge is -2.40. The van der Waals surface area contributed by atoms with Gasteiger partial charge >= 0.3 is 0 Å². The van der Waals surface area contributed by atoms with Gasteiger partial charge in [-0.25, -0.2) is 9.98 Å². The van der Waals surface area contributed by atoms with E-state index in [1.165, 1.54) is 50.8 Å². The van der Waals surface area contributed by atoms with Gasteiger partial charge < -0.3 is 24.8 Å². The first kappa shape index (κ1) is 24.8. The summed E-state index contributed by atoms with van der Waals surface area (Å²) in [5.41, 5.74) is 8.63. The van der Waals surface area contributed by atoms with Crippen molar-refractivity contribution in [3.63, 3.8) is 0 Å². The number of aromatic nitrogens is 2. The molecule has 2 saturated heterocycles. The molecule has 0 unspecified atom stereocenters. The molecule has 0 aliphatic carbocycles. The molecular weight excluding hydrogens is 450 g/mol. The number of fused-ring (bicyclic) bond motifs is 3. The third-order valence-electron chi connectivity index (χ3n) is 7.86. The van der Waals surface area contributed by atoms with Gasteiger partial charge in [-0.15, -0.1) is 0 Å². The van der Waals surface area contributed by atoms with Gasteiger partial charge in [0.15, 0.2) is 5.84 Å². The number of anilines is 1. The van der Waals surface area contributed by atoms with Crippen LogP contribution < -0.4 is 15.4 Å². The summed E-state index contributed by atoms with van der Waals surface area (Å²) >= 11 is 0. The second-order valence-corrected chi connectivity index (χ2v) is 10.9. The van der Waals surface area contributed by atoms with Gasteiger partial charge in [0.1, 0.15) is 23.9 Å². The van der Waals surface area contributed by atoms with E-state index in [0.29, 0.717) is 24.5 Å². The van der Waals surface area contributed by atoms with Crippen molar-refractivity contribution in [2.45, 2.75) is 78.0 Å². The lowest BCUT2D eigenvalue weighted by Crippen LogP contribution is -2.44. The number of nitrogens with zero attached hydrogens (tertiary/aromatic N) is 6. The van der Waals surface area contributed by atoms with Gasteiger partial charge in [-0.3, -0.25) is 4.99 Å². The Morgan fingerprint density at radius 2 is 1.92 bits per heavy atom. The van der Waals surface area contributed by atoms with Crippen molar-refractivity contribution in [1.82, 2.24) is 14.5 Å². The Labute approximate surface area is 215 Å². The summed E-state index contributed by atoms with van der Waals surface area (Å²) in [6, 6.07) is 8.06. The molecule has 194 valence electrons. The average Bonchev–Trinajstić information content (AvgIpc) is 3.48. The van der Waals surface area contributed by atoms with Gasteiger partial charge in [0.05, 0.1) is 18.4 Å². The van der Waals surface area contributed by atoms with E-state index >= 15 is 0 Å². The summed E-state index contributed by atoms with van der Waals surface area (Å²) in [7, 11) is 0. The Balaban J connectivity index is 1.40. The van der Waals surface area contributed by atoms with E-state index in [9.17, 15) is 0 Å². The molecule has 0 spiro atoms. The minimum Gasteiger partial charge on any atom is -0.491 e. The lowest BCUT2D eigenvalue weighted by atomic mass is 9.87. The number of likely N-dealkylation sites (tertiary alicyclic amines) is 1. The Kier molecular flexibility index (Phi) is 7.32. The predicted molar refractivity (Wildman–Crippen MR) is 147 cm³/mol. The van der Waals surface area contributed by atoms with Crippen LogP contribution in [-0.4, -0.2) is 71.0 Å². The Morgan fingerprint density at radius 1 is 1.11 bits per heavy atom. The third kappa shape index (κ3) is 5.01. The van der Waals surface area contributed by atoms with E-state index < -0.39 is 0 Å². The first-order chi connectivity index (χ1) is 17.4. The van der Waals surface area contributed by atoms with E-state index in [2.05, 4.69) is 56.4 Å². The summed E-state index contributed by atoms with van der Waals surface area (Å²) in [5, 5.41) is 0. The number of benzene rings is 1. The van der Waals surface area contributed by atoms with Crippen LogP contribution >= 0.6 is 0 Å². The summed E-state index contributed by atoms with van der Waals surface area (Å²) in [6.07, 6.45) is 8.45. The zero-order valence-corrected chi connectivity index (χ0v) is 22.2. The number of imidazole rings is 1. The average molecular weight is 492 g/mol. The quantitative estimate of drug-likeness (QED) is 0.501. The van der Waals surface area contributed by atoms with E-state index in [4.69, 9.17) is 15.5 Å². The van der Waals surface area contributed by atoms with Crippen molar-refractivity contribution < 1.29 is 4.74 Å². The van der Waals surface area contributed by atoms with Crippen LogP contribution in [0.2, 0.25) is 0 Å². The summed E-state index contributed by atoms with van der Waals surface area (Å²) in [5.74, 6) is 3.14. The van der Waals surface area contributed by atoms with Crippen molar-refractivity contribution in [3.05, 3.63) is 30.1 Å². The van der Waals surface area contributed by atoms with Crippen LogP contribution in [0.3, 0.4) is 0 Å². The summed E-state index contributed by atoms with van der Waals surface area (Å²) < 4.78 is 8.39. The maximum absolute atomic E-state index is 6.25. The molecule has 0 radical (unpaired) electrons. The molecule has 2 aromatic rings. The molecule has 8 nitrogen and oxygen atoms in total. The van der Waals surface area contributed by atoms with E-state index in [-0.39, 0.29) is 6.04 Å². The molecule has 3 aliphatic rings. The topological polar surface area (TPSA) is 84.3 Å². The molecule has 2 N–H and O–H groups in total. The van der Waals surface area contributed by atoms with Crippen molar-refractivity contribution in [2.24, 2.45) is 21.6 Å². The predicted octanol–water partition coefficient (Wildman–Crippen LogP) is 4.17. The second kappa shape index (κ2) is 10.6. The van der Waals surface area contributed by atoms with Crippen molar-refractivity contribution in [1.29, 1.82) is 0 Å². The second-order valence-electron chi connectivity index (χ2n) is 10.9. The van der Waals surface area contributed by atoms with E-state index in [0.717, 1.165) is 41.8 Å². The molecule has 0 amide bonds. The van der Waals surface area contributed by atoms with Crippen LogP contribution in [0.15, 0.2) is 34.4 Å². The highest BCUT2D eigenvalue weighted by Gasteiger charge is 2.35. The minimum atomic E-state index is 0.106. The van der Waals surface area contributed by atoms with E-state index in [1.807, 2.05) is 20.0 Å². The number of hydrogen-bond acceptors (Lipinski definition) is 5. The first-order valence-electron chi connectivity index (χ1n) is 13.6. The number of piperidine rings is 1. The first-order valence-corrected chi connectivity index (χ1v) is 13.6. The molecule has 0 bridgehead atoms. The van der Waals surface area contributed by atoms with Gasteiger partial charge in [-0.1, -0.05) is 0 Å². The van der Waals surface area contributed by atoms with Crippen LogP contribution in [0.5, 0.6) is 5.75 Å². The molecule has 8 heteroatoms. The molecule has 5 rings (SSSR count). The number of amidine groups is 1. The Bertz CT molecular complexity index is 1110. The molecule has 0 saturated carbocycles. The fraction of sp³-hybridized carbons (Fsp3) is 0.607. The fourth-order valence-corrected chi connectivity index (χ4v) is 6.06. The highest BCUT2D eigenvalue weighted by Crippen LogP contribution is 2.40. The van der Waals surface area contributed by atoms with Gasteiger partial charge in [0.2, 0.25) is 0 Å². The maximum atomic E-state index is 6.25. The molecular formula is C28H41N7O. The third-order valence-corrected chi connectivity index (χ3v) is 7.86. The van der Waals surface area contributed by atoms with Crippen LogP contribution in [-0.2, 0) is 6.54 Å². The smallest absolute Gasteiger partial charge is 0.176 e. The lowest BCUT2D eigenvalue weighted by molar-refractivity contribution is 0.138. The highest BCUT2D eigenvalue weighted by molar-refractivity contribution is 6.01. The molecule has 1 aromatic carbocycles. The zero-order chi connectivity index (χ0) is 25.2. The van der Waals surface area contributed by atoms with E-state index in [1.54, 1.807) is 0 Å². The van der Waals surface area contributed by atoms with Crippen molar-refractivity contribution in [2.75, 3.05) is 31.1 Å². The van der Waals surface area contributed by atoms with Gasteiger partial charge in [-0.2, -0.15) is 0 Å². The van der Waals surface area contributed by atoms with Gasteiger partial charge in [-0.05, 0) is 84.5 Å². The highest BCUT2D eigenvalue weighted by atomic mass is 16.5. The van der Waals surface area contributed by atoms with Crippen molar-refractivity contribution >= 4 is 17.9 Å². The molecule has 1 atom stereocenters. The monoisotopic (exact) mass is 491 g/mol. The standard InChI is InChI=1S/C28H41N7O/c1-19(2)31-27(30-18-29)24-17-34-14-15-36-26-16-22(7-8-23(26)28(34)32-24)35-11-5-6-25(35)21-9-12-33(13-10-21)20(3)4/h7-8,16-21,25H,5-6,9-15H2,1-4H3,(H2,29,30,31)/t25-/m0/s1. The van der Waals surface area contributed by atoms with Crippen LogP contribution in [0.1, 0.15) is 59.1 Å². The number of ether oxygens (including phenoxy) is 1.